The van der Waals surface area contributed by atoms with Crippen LogP contribution in [0.25, 0.3) is 5.57 Å². The van der Waals surface area contributed by atoms with Crippen molar-refractivity contribution in [3.05, 3.63) is 184 Å². The molecule has 5 aromatic carbocycles. The topological polar surface area (TPSA) is 9.23 Å². The lowest BCUT2D eigenvalue weighted by atomic mass is 9.63. The van der Waals surface area contributed by atoms with Gasteiger partial charge in [0.05, 0.1) is 5.41 Å². The fraction of sp³-hybridized carbons (Fsp3) is 0.150. The third kappa shape index (κ3) is 3.42. The van der Waals surface area contributed by atoms with E-state index in [1.165, 1.54) is 50.1 Å². The first-order valence-corrected chi connectivity index (χ1v) is 14.6. The molecule has 0 saturated carbocycles. The highest BCUT2D eigenvalue weighted by Crippen LogP contribution is 2.56. The Morgan fingerprint density at radius 2 is 1.22 bits per heavy atom. The van der Waals surface area contributed by atoms with Gasteiger partial charge >= 0.3 is 0 Å². The zero-order chi connectivity index (χ0) is 27.6. The van der Waals surface area contributed by atoms with Gasteiger partial charge in [0.15, 0.2) is 0 Å². The number of allylic oxidation sites excluding steroid dienone is 4. The van der Waals surface area contributed by atoms with Crippen LogP contribution < -0.4 is 4.74 Å². The minimum atomic E-state index is -0.474. The molecule has 0 saturated heterocycles. The molecule has 1 atom stereocenters. The summed E-state index contributed by atoms with van der Waals surface area (Å²) in [6.45, 7) is 4.71. The second-order valence-electron chi connectivity index (χ2n) is 12.1. The molecule has 5 aromatic rings. The number of benzene rings is 5. The van der Waals surface area contributed by atoms with Crippen LogP contribution in [0.4, 0.5) is 0 Å². The van der Waals surface area contributed by atoms with E-state index in [-0.39, 0.29) is 5.41 Å². The van der Waals surface area contributed by atoms with E-state index in [4.69, 9.17) is 4.74 Å². The molecule has 0 amide bonds. The van der Waals surface area contributed by atoms with Crippen LogP contribution in [0.15, 0.2) is 145 Å². The summed E-state index contributed by atoms with van der Waals surface area (Å²) < 4.78 is 6.75. The van der Waals surface area contributed by atoms with Crippen molar-refractivity contribution < 1.29 is 4.74 Å². The van der Waals surface area contributed by atoms with Gasteiger partial charge in [0.2, 0.25) is 0 Å². The van der Waals surface area contributed by atoms with Gasteiger partial charge < -0.3 is 4.74 Å². The SMILES string of the molecule is CC1(C)C2=C(CC(c3ccc4c(c3)Oc3ccccc3C4(c3ccccc3)c3ccccc3)C=C2)c2ccccc21. The molecule has 3 aliphatic rings. The summed E-state index contributed by atoms with van der Waals surface area (Å²) >= 11 is 0. The summed E-state index contributed by atoms with van der Waals surface area (Å²) in [4.78, 5) is 0. The Morgan fingerprint density at radius 1 is 0.610 bits per heavy atom. The van der Waals surface area contributed by atoms with Crippen molar-refractivity contribution in [3.8, 4) is 11.5 Å². The highest BCUT2D eigenvalue weighted by molar-refractivity contribution is 5.84. The summed E-state index contributed by atoms with van der Waals surface area (Å²) in [6.07, 6.45) is 5.80. The van der Waals surface area contributed by atoms with Crippen molar-refractivity contribution in [2.45, 2.75) is 37.0 Å². The second-order valence-corrected chi connectivity index (χ2v) is 12.1. The van der Waals surface area contributed by atoms with Crippen LogP contribution in [0, 0.1) is 0 Å². The molecule has 0 spiro atoms. The van der Waals surface area contributed by atoms with Crippen molar-refractivity contribution in [2.75, 3.05) is 0 Å². The van der Waals surface area contributed by atoms with E-state index in [9.17, 15) is 0 Å². The molecule has 41 heavy (non-hydrogen) atoms. The molecule has 0 aromatic heterocycles. The standard InChI is InChI=1S/C40H32O/c1-39(2)33-18-10-9-17-31(33)32-25-27(21-23-34(32)39)28-22-24-36-38(26-28)41-37-20-12-11-19-35(37)40(36,29-13-5-3-6-14-29)30-15-7-4-8-16-30/h3-24,26-27H,25H2,1-2H3. The molecule has 1 nitrogen and oxygen atoms in total. The first-order valence-electron chi connectivity index (χ1n) is 14.6. The van der Waals surface area contributed by atoms with Crippen LogP contribution in [-0.2, 0) is 10.8 Å². The summed E-state index contributed by atoms with van der Waals surface area (Å²) in [5.41, 5.74) is 11.5. The van der Waals surface area contributed by atoms with Crippen molar-refractivity contribution >= 4 is 5.57 Å². The number of para-hydroxylation sites is 1. The summed E-state index contributed by atoms with van der Waals surface area (Å²) in [5, 5.41) is 0. The molecule has 8 rings (SSSR count). The molecule has 0 bridgehead atoms. The van der Waals surface area contributed by atoms with Gasteiger partial charge in [-0.1, -0.05) is 141 Å². The van der Waals surface area contributed by atoms with Crippen molar-refractivity contribution in [1.82, 2.24) is 0 Å². The quantitative estimate of drug-likeness (QED) is 0.222. The fourth-order valence-electron chi connectivity index (χ4n) is 7.67. The lowest BCUT2D eigenvalue weighted by Crippen LogP contribution is -2.34. The molecule has 198 valence electrons. The van der Waals surface area contributed by atoms with Crippen LogP contribution in [0.3, 0.4) is 0 Å². The van der Waals surface area contributed by atoms with Gasteiger partial charge in [-0.2, -0.15) is 0 Å². The molecule has 1 unspecified atom stereocenters. The normalized spacial score (nSPS) is 19.0. The number of hydrogen-bond acceptors (Lipinski definition) is 1. The molecule has 0 fully saturated rings. The molecule has 1 aliphatic heterocycles. The Kier molecular flexibility index (Phi) is 5.28. The molecule has 0 N–H and O–H groups in total. The monoisotopic (exact) mass is 528 g/mol. The zero-order valence-corrected chi connectivity index (χ0v) is 23.5. The molecule has 1 heterocycles. The Hall–Kier alpha value is -4.62. The van der Waals surface area contributed by atoms with Crippen molar-refractivity contribution in [2.24, 2.45) is 0 Å². The molecule has 0 radical (unpaired) electrons. The van der Waals surface area contributed by atoms with Gasteiger partial charge in [-0.15, -0.1) is 0 Å². The minimum absolute atomic E-state index is 0.0427. The van der Waals surface area contributed by atoms with Crippen LogP contribution in [0.2, 0.25) is 0 Å². The number of fused-ring (bicyclic) bond motifs is 4. The maximum Gasteiger partial charge on any atom is 0.132 e. The predicted molar refractivity (Wildman–Crippen MR) is 168 cm³/mol. The number of hydrogen-bond donors (Lipinski definition) is 0. The smallest absolute Gasteiger partial charge is 0.132 e. The van der Waals surface area contributed by atoms with Crippen molar-refractivity contribution in [3.63, 3.8) is 0 Å². The maximum atomic E-state index is 6.75. The number of rotatable bonds is 3. The minimum Gasteiger partial charge on any atom is -0.457 e. The number of ether oxygens (including phenoxy) is 1. The van der Waals surface area contributed by atoms with E-state index >= 15 is 0 Å². The van der Waals surface area contributed by atoms with E-state index < -0.39 is 5.41 Å². The average Bonchev–Trinajstić information content (AvgIpc) is 3.26. The fourth-order valence-corrected chi connectivity index (χ4v) is 7.67. The second kappa shape index (κ2) is 8.94. The van der Waals surface area contributed by atoms with Crippen LogP contribution in [0.5, 0.6) is 11.5 Å². The van der Waals surface area contributed by atoms with E-state index in [1.54, 1.807) is 0 Å². The van der Waals surface area contributed by atoms with E-state index in [1.807, 2.05) is 0 Å². The zero-order valence-electron chi connectivity index (χ0n) is 23.5. The first-order chi connectivity index (χ1) is 20.1. The third-order valence-electron chi connectivity index (χ3n) is 9.61. The summed E-state index contributed by atoms with van der Waals surface area (Å²) in [5.74, 6) is 2.15. The lowest BCUT2D eigenvalue weighted by Gasteiger charge is -2.41. The molecule has 2 aliphatic carbocycles. The Bertz CT molecular complexity index is 1820. The van der Waals surface area contributed by atoms with Gasteiger partial charge in [0.1, 0.15) is 11.5 Å². The van der Waals surface area contributed by atoms with Crippen LogP contribution >= 0.6 is 0 Å². The highest BCUT2D eigenvalue weighted by atomic mass is 16.5. The largest absolute Gasteiger partial charge is 0.457 e. The third-order valence-corrected chi connectivity index (χ3v) is 9.61. The molecular formula is C40H32O. The van der Waals surface area contributed by atoms with Gasteiger partial charge in [0, 0.05) is 22.5 Å². The van der Waals surface area contributed by atoms with Gasteiger partial charge in [-0.25, -0.2) is 0 Å². The predicted octanol–water partition coefficient (Wildman–Crippen LogP) is 9.96. The Labute approximate surface area is 242 Å². The van der Waals surface area contributed by atoms with Crippen molar-refractivity contribution in [1.29, 1.82) is 0 Å². The summed E-state index contributed by atoms with van der Waals surface area (Å²) in [7, 11) is 0. The molecule has 1 heteroatoms. The van der Waals surface area contributed by atoms with Crippen LogP contribution in [0.1, 0.15) is 65.1 Å². The lowest BCUT2D eigenvalue weighted by molar-refractivity contribution is 0.433. The van der Waals surface area contributed by atoms with E-state index in [2.05, 4.69) is 153 Å². The van der Waals surface area contributed by atoms with Gasteiger partial charge in [0.25, 0.3) is 0 Å². The van der Waals surface area contributed by atoms with E-state index in [0.717, 1.165) is 17.9 Å². The Morgan fingerprint density at radius 3 is 1.95 bits per heavy atom. The van der Waals surface area contributed by atoms with Crippen LogP contribution in [-0.4, -0.2) is 0 Å². The average molecular weight is 529 g/mol. The summed E-state index contributed by atoms with van der Waals surface area (Å²) in [6, 6.07) is 46.2. The highest BCUT2D eigenvalue weighted by Gasteiger charge is 2.45. The molecular weight excluding hydrogens is 496 g/mol. The maximum absolute atomic E-state index is 6.75. The Balaban J connectivity index is 1.29. The van der Waals surface area contributed by atoms with Gasteiger partial charge in [-0.05, 0) is 57.5 Å². The first kappa shape index (κ1) is 24.2. The van der Waals surface area contributed by atoms with Gasteiger partial charge in [-0.3, -0.25) is 0 Å². The van der Waals surface area contributed by atoms with E-state index in [0.29, 0.717) is 5.92 Å².